The van der Waals surface area contributed by atoms with Crippen LogP contribution in [0.5, 0.6) is 0 Å². The first-order valence-electron chi connectivity index (χ1n) is 11.4. The lowest BCUT2D eigenvalue weighted by Gasteiger charge is -2.18. The third-order valence-electron chi connectivity index (χ3n) is 4.81. The largest absolute Gasteiger partial charge is 0.212 e. The van der Waals surface area contributed by atoms with Crippen molar-refractivity contribution in [1.29, 1.82) is 0 Å². The number of benzene rings is 2. The number of rotatable bonds is 2. The summed E-state index contributed by atoms with van der Waals surface area (Å²) >= 11 is 0. The molecule has 128 valence electrons. The molecule has 0 aliphatic rings. The van der Waals surface area contributed by atoms with Crippen molar-refractivity contribution in [2.75, 3.05) is 0 Å². The summed E-state index contributed by atoms with van der Waals surface area (Å²) in [5.41, 5.74) is 7.66. The van der Waals surface area contributed by atoms with Gasteiger partial charge in [-0.15, -0.1) is 0 Å². The SMILES string of the molecule is [2H]C([2H])([2H])c1ccc(-c2c(C)cc(C([2H])([2H])[2H])c(-c3ccc(C)c[n+]3C)c2C)c(C)c1. The Labute approximate surface area is 160 Å². The van der Waals surface area contributed by atoms with Gasteiger partial charge in [0.15, 0.2) is 6.20 Å². The molecule has 0 fully saturated rings. The summed E-state index contributed by atoms with van der Waals surface area (Å²) in [5, 5.41) is 0. The lowest BCUT2D eigenvalue weighted by Crippen LogP contribution is -2.31. The maximum absolute atomic E-state index is 8.14. The Hall–Kier alpha value is -2.41. The van der Waals surface area contributed by atoms with E-state index in [4.69, 9.17) is 8.22 Å². The molecule has 0 saturated carbocycles. The van der Waals surface area contributed by atoms with Crippen molar-refractivity contribution in [3.05, 3.63) is 76.0 Å². The van der Waals surface area contributed by atoms with E-state index in [9.17, 15) is 0 Å². The molecule has 0 unspecified atom stereocenters. The third-order valence-corrected chi connectivity index (χ3v) is 4.81. The number of aromatic nitrogens is 1. The Kier molecular flexibility index (Phi) is 2.92. The molecule has 0 atom stereocenters. The molecular formula is C24H28N+. The minimum atomic E-state index is -2.26. The van der Waals surface area contributed by atoms with Crippen LogP contribution in [0.2, 0.25) is 0 Å². The second kappa shape index (κ2) is 6.48. The average Bonchev–Trinajstić information content (AvgIpc) is 2.62. The normalized spacial score (nSPS) is 15.6. The van der Waals surface area contributed by atoms with Gasteiger partial charge < -0.3 is 0 Å². The molecule has 1 heteroatoms. The zero-order chi connectivity index (χ0) is 23.3. The molecule has 3 aromatic rings. The van der Waals surface area contributed by atoms with Crippen LogP contribution in [-0.4, -0.2) is 0 Å². The van der Waals surface area contributed by atoms with Crippen LogP contribution in [0.15, 0.2) is 42.6 Å². The number of nitrogens with zero attached hydrogens (tertiary/aromatic N) is 1. The summed E-state index contributed by atoms with van der Waals surface area (Å²) in [5.74, 6) is 0. The quantitative estimate of drug-likeness (QED) is 0.529. The topological polar surface area (TPSA) is 3.88 Å². The molecule has 0 aliphatic carbocycles. The summed E-state index contributed by atoms with van der Waals surface area (Å²) in [6.07, 6.45) is 1.98. The van der Waals surface area contributed by atoms with Gasteiger partial charge in [-0.3, -0.25) is 0 Å². The van der Waals surface area contributed by atoms with E-state index in [-0.39, 0.29) is 0 Å². The minimum Gasteiger partial charge on any atom is -0.201 e. The lowest BCUT2D eigenvalue weighted by molar-refractivity contribution is -0.660. The first kappa shape index (κ1) is 11.3. The van der Waals surface area contributed by atoms with Gasteiger partial charge >= 0.3 is 0 Å². The highest BCUT2D eigenvalue weighted by molar-refractivity contribution is 5.82. The molecule has 25 heavy (non-hydrogen) atoms. The molecule has 1 nitrogen and oxygen atoms in total. The summed E-state index contributed by atoms with van der Waals surface area (Å²) in [6, 6.07) is 10.9. The maximum atomic E-state index is 8.14. The molecule has 0 bridgehead atoms. The van der Waals surface area contributed by atoms with Crippen LogP contribution in [0.1, 0.15) is 41.6 Å². The van der Waals surface area contributed by atoms with Crippen molar-refractivity contribution in [3.63, 3.8) is 0 Å². The van der Waals surface area contributed by atoms with Crippen molar-refractivity contribution in [2.45, 2.75) is 41.4 Å². The van der Waals surface area contributed by atoms with Crippen LogP contribution in [0.3, 0.4) is 0 Å². The van der Waals surface area contributed by atoms with Gasteiger partial charge in [-0.05, 0) is 80.8 Å². The fraction of sp³-hybridized carbons (Fsp3) is 0.292. The van der Waals surface area contributed by atoms with Crippen LogP contribution in [0.25, 0.3) is 22.4 Å². The standard InChI is InChI=1S/C24H28N/c1-15-8-10-21(17(3)12-15)23-18(4)13-19(5)24(20(23)6)22-11-9-16(2)14-25(22)7/h8-14H,1-7H3/q+1/i1D3,5D3. The molecule has 0 aliphatic heterocycles. The first-order chi connectivity index (χ1) is 14.2. The Morgan fingerprint density at radius 3 is 2.16 bits per heavy atom. The highest BCUT2D eigenvalue weighted by Crippen LogP contribution is 2.37. The van der Waals surface area contributed by atoms with E-state index in [0.29, 0.717) is 16.7 Å². The van der Waals surface area contributed by atoms with Crippen molar-refractivity contribution < 1.29 is 12.8 Å². The van der Waals surface area contributed by atoms with Crippen molar-refractivity contribution >= 4 is 0 Å². The molecule has 2 aromatic carbocycles. The number of pyridine rings is 1. The number of hydrogen-bond acceptors (Lipinski definition) is 0. The van der Waals surface area contributed by atoms with Gasteiger partial charge in [-0.2, -0.15) is 0 Å². The summed E-state index contributed by atoms with van der Waals surface area (Å²) < 4.78 is 49.4. The van der Waals surface area contributed by atoms with Crippen LogP contribution in [0, 0.1) is 41.4 Å². The fourth-order valence-electron chi connectivity index (χ4n) is 3.68. The first-order valence-corrected chi connectivity index (χ1v) is 8.44. The van der Waals surface area contributed by atoms with Crippen molar-refractivity contribution in [2.24, 2.45) is 7.05 Å². The minimum absolute atomic E-state index is 0.299. The van der Waals surface area contributed by atoms with Gasteiger partial charge in [0.05, 0.1) is 5.56 Å². The van der Waals surface area contributed by atoms with E-state index in [1.54, 1.807) is 18.2 Å². The van der Waals surface area contributed by atoms with Gasteiger partial charge in [0.1, 0.15) is 7.05 Å². The van der Waals surface area contributed by atoms with Crippen molar-refractivity contribution in [3.8, 4) is 22.4 Å². The van der Waals surface area contributed by atoms with E-state index >= 15 is 0 Å². The molecule has 0 saturated heterocycles. The molecule has 0 spiro atoms. The number of aryl methyl sites for hydroxylation is 6. The lowest BCUT2D eigenvalue weighted by atomic mass is 9.86. The van der Waals surface area contributed by atoms with Crippen LogP contribution < -0.4 is 4.57 Å². The number of hydrogen-bond donors (Lipinski definition) is 0. The molecular weight excluding hydrogens is 302 g/mol. The highest BCUT2D eigenvalue weighted by atomic mass is 14.9. The summed E-state index contributed by atoms with van der Waals surface area (Å²) in [4.78, 5) is 0. The smallest absolute Gasteiger partial charge is 0.201 e. The predicted octanol–water partition coefficient (Wildman–Crippen LogP) is 5.70. The van der Waals surface area contributed by atoms with Crippen LogP contribution in [-0.2, 0) is 7.05 Å². The van der Waals surface area contributed by atoms with Crippen LogP contribution in [0.4, 0.5) is 0 Å². The fourth-order valence-corrected chi connectivity index (χ4v) is 3.68. The van der Waals surface area contributed by atoms with E-state index in [2.05, 4.69) is 0 Å². The van der Waals surface area contributed by atoms with Crippen LogP contribution >= 0.6 is 0 Å². The monoisotopic (exact) mass is 336 g/mol. The Bertz CT molecular complexity index is 1160. The van der Waals surface area contributed by atoms with E-state index in [0.717, 1.165) is 39.1 Å². The molecule has 0 radical (unpaired) electrons. The Morgan fingerprint density at radius 1 is 0.760 bits per heavy atom. The Morgan fingerprint density at radius 2 is 1.52 bits per heavy atom. The predicted molar refractivity (Wildman–Crippen MR) is 107 cm³/mol. The molecule has 3 rings (SSSR count). The van der Waals surface area contributed by atoms with E-state index in [1.807, 2.05) is 63.7 Å². The summed E-state index contributed by atoms with van der Waals surface area (Å²) in [6.45, 7) is 3.32. The van der Waals surface area contributed by atoms with Gasteiger partial charge in [0, 0.05) is 19.9 Å². The maximum Gasteiger partial charge on any atom is 0.212 e. The molecule has 1 aromatic heterocycles. The zero-order valence-electron chi connectivity index (χ0n) is 21.5. The molecule has 0 amide bonds. The van der Waals surface area contributed by atoms with E-state index in [1.165, 1.54) is 0 Å². The molecule has 0 N–H and O–H groups in total. The molecule has 1 heterocycles. The van der Waals surface area contributed by atoms with E-state index < -0.39 is 13.7 Å². The van der Waals surface area contributed by atoms with Gasteiger partial charge in [-0.1, -0.05) is 29.8 Å². The van der Waals surface area contributed by atoms with Gasteiger partial charge in [0.25, 0.3) is 0 Å². The zero-order valence-corrected chi connectivity index (χ0v) is 15.5. The second-order valence-corrected chi connectivity index (χ2v) is 6.85. The Balaban J connectivity index is 2.37. The average molecular weight is 337 g/mol. The van der Waals surface area contributed by atoms with Gasteiger partial charge in [-0.25, -0.2) is 4.57 Å². The third kappa shape index (κ3) is 3.11. The van der Waals surface area contributed by atoms with Crippen molar-refractivity contribution in [1.82, 2.24) is 0 Å². The second-order valence-electron chi connectivity index (χ2n) is 6.85. The van der Waals surface area contributed by atoms with Gasteiger partial charge in [0.2, 0.25) is 5.69 Å². The summed E-state index contributed by atoms with van der Waals surface area (Å²) in [7, 11) is 1.92. The highest BCUT2D eigenvalue weighted by Gasteiger charge is 2.20.